The third-order valence-corrected chi connectivity index (χ3v) is 2.99. The molecule has 0 saturated carbocycles. The Morgan fingerprint density at radius 2 is 2.00 bits per heavy atom. The Morgan fingerprint density at radius 3 is 2.73 bits per heavy atom. The number of halogens is 1. The molecule has 0 radical (unpaired) electrons. The molecule has 0 aliphatic carbocycles. The SMILES string of the molecule is Cc1nccc(CNC(=O)NCCOc2ccc(Cl)cc2)n1. The molecule has 2 N–H and O–H groups in total. The van der Waals surface area contributed by atoms with E-state index in [1.165, 1.54) is 0 Å². The molecule has 6 nitrogen and oxygen atoms in total. The molecule has 0 saturated heterocycles. The first-order chi connectivity index (χ1) is 10.6. The average molecular weight is 321 g/mol. The van der Waals surface area contributed by atoms with E-state index < -0.39 is 0 Å². The van der Waals surface area contributed by atoms with Gasteiger partial charge in [-0.2, -0.15) is 0 Å². The van der Waals surface area contributed by atoms with Crippen molar-refractivity contribution in [3.8, 4) is 5.75 Å². The van der Waals surface area contributed by atoms with E-state index in [4.69, 9.17) is 16.3 Å². The summed E-state index contributed by atoms with van der Waals surface area (Å²) in [6.45, 7) is 2.93. The number of carbonyl (C=O) groups excluding carboxylic acids is 1. The third-order valence-electron chi connectivity index (χ3n) is 2.73. The lowest BCUT2D eigenvalue weighted by atomic mass is 10.3. The van der Waals surface area contributed by atoms with Gasteiger partial charge in [-0.1, -0.05) is 11.6 Å². The van der Waals surface area contributed by atoms with Crippen molar-refractivity contribution in [2.24, 2.45) is 0 Å². The zero-order valence-electron chi connectivity index (χ0n) is 12.2. The molecule has 0 atom stereocenters. The zero-order valence-corrected chi connectivity index (χ0v) is 12.9. The fraction of sp³-hybridized carbons (Fsp3) is 0.267. The normalized spacial score (nSPS) is 10.1. The number of nitrogens with one attached hydrogen (secondary N) is 2. The molecule has 0 unspecified atom stereocenters. The van der Waals surface area contributed by atoms with Crippen molar-refractivity contribution in [3.63, 3.8) is 0 Å². The van der Waals surface area contributed by atoms with Gasteiger partial charge in [0, 0.05) is 11.2 Å². The minimum Gasteiger partial charge on any atom is -0.492 e. The van der Waals surface area contributed by atoms with Gasteiger partial charge in [-0.25, -0.2) is 14.8 Å². The van der Waals surface area contributed by atoms with E-state index in [0.717, 1.165) is 5.69 Å². The maximum atomic E-state index is 11.6. The lowest BCUT2D eigenvalue weighted by molar-refractivity contribution is 0.236. The predicted octanol–water partition coefficient (Wildman–Crippen LogP) is 2.32. The number of urea groups is 1. The topological polar surface area (TPSA) is 76.1 Å². The van der Waals surface area contributed by atoms with Crippen molar-refractivity contribution in [2.45, 2.75) is 13.5 Å². The summed E-state index contributed by atoms with van der Waals surface area (Å²) in [5, 5.41) is 6.08. The first-order valence-electron chi connectivity index (χ1n) is 6.82. The second kappa shape index (κ2) is 8.19. The molecule has 0 bridgehead atoms. The molecule has 1 aromatic carbocycles. The number of aryl methyl sites for hydroxylation is 1. The monoisotopic (exact) mass is 320 g/mol. The van der Waals surface area contributed by atoms with Crippen molar-refractivity contribution in [3.05, 3.63) is 53.1 Å². The maximum absolute atomic E-state index is 11.6. The number of hydrogen-bond donors (Lipinski definition) is 2. The van der Waals surface area contributed by atoms with Crippen LogP contribution in [0.5, 0.6) is 5.75 Å². The van der Waals surface area contributed by atoms with Crippen molar-refractivity contribution in [1.29, 1.82) is 0 Å². The second-order valence-corrected chi connectivity index (χ2v) is 4.94. The highest BCUT2D eigenvalue weighted by Gasteiger charge is 2.01. The number of nitrogens with zero attached hydrogens (tertiary/aromatic N) is 2. The van der Waals surface area contributed by atoms with Crippen LogP contribution in [0.15, 0.2) is 36.5 Å². The van der Waals surface area contributed by atoms with Gasteiger partial charge >= 0.3 is 6.03 Å². The van der Waals surface area contributed by atoms with E-state index in [2.05, 4.69) is 20.6 Å². The molecule has 2 rings (SSSR count). The largest absolute Gasteiger partial charge is 0.492 e. The lowest BCUT2D eigenvalue weighted by Crippen LogP contribution is -2.37. The Bertz CT molecular complexity index is 619. The Hall–Kier alpha value is -2.34. The van der Waals surface area contributed by atoms with Crippen LogP contribution >= 0.6 is 11.6 Å². The summed E-state index contributed by atoms with van der Waals surface area (Å²) in [7, 11) is 0. The van der Waals surface area contributed by atoms with E-state index in [1.54, 1.807) is 43.5 Å². The van der Waals surface area contributed by atoms with Gasteiger partial charge in [0.25, 0.3) is 0 Å². The molecule has 0 aliphatic heterocycles. The van der Waals surface area contributed by atoms with Crippen LogP contribution in [0.4, 0.5) is 4.79 Å². The van der Waals surface area contributed by atoms with Crippen molar-refractivity contribution < 1.29 is 9.53 Å². The van der Waals surface area contributed by atoms with Crippen LogP contribution in [-0.4, -0.2) is 29.2 Å². The molecule has 1 aromatic heterocycles. The smallest absolute Gasteiger partial charge is 0.315 e. The summed E-state index contributed by atoms with van der Waals surface area (Å²) in [6.07, 6.45) is 1.66. The molecule has 116 valence electrons. The Morgan fingerprint density at radius 1 is 1.23 bits per heavy atom. The summed E-state index contributed by atoms with van der Waals surface area (Å²) in [5.41, 5.74) is 0.764. The fourth-order valence-corrected chi connectivity index (χ4v) is 1.83. The van der Waals surface area contributed by atoms with Crippen LogP contribution in [0.2, 0.25) is 5.02 Å². The van der Waals surface area contributed by atoms with Gasteiger partial charge in [-0.15, -0.1) is 0 Å². The summed E-state index contributed by atoms with van der Waals surface area (Å²) in [5.74, 6) is 1.39. The predicted molar refractivity (Wildman–Crippen MR) is 84.0 cm³/mol. The first-order valence-corrected chi connectivity index (χ1v) is 7.20. The highest BCUT2D eigenvalue weighted by Crippen LogP contribution is 2.14. The number of amides is 2. The number of ether oxygens (including phenoxy) is 1. The number of rotatable bonds is 6. The Labute approximate surface area is 133 Å². The number of aromatic nitrogens is 2. The van der Waals surface area contributed by atoms with E-state index in [1.807, 2.05) is 0 Å². The molecular formula is C15H17ClN4O2. The highest BCUT2D eigenvalue weighted by molar-refractivity contribution is 6.30. The molecule has 1 heterocycles. The van der Waals surface area contributed by atoms with Gasteiger partial charge in [-0.3, -0.25) is 0 Å². The minimum atomic E-state index is -0.268. The van der Waals surface area contributed by atoms with Gasteiger partial charge in [0.15, 0.2) is 0 Å². The summed E-state index contributed by atoms with van der Waals surface area (Å²) in [6, 6.07) is 8.55. The first kappa shape index (κ1) is 16.0. The molecule has 0 fully saturated rings. The summed E-state index contributed by atoms with van der Waals surface area (Å²) >= 11 is 5.78. The van der Waals surface area contributed by atoms with Crippen molar-refractivity contribution >= 4 is 17.6 Å². The van der Waals surface area contributed by atoms with Gasteiger partial charge in [0.05, 0.1) is 18.8 Å². The Kier molecular flexibility index (Phi) is 5.97. The van der Waals surface area contributed by atoms with Crippen LogP contribution in [-0.2, 0) is 6.54 Å². The molecule has 2 aromatic rings. The van der Waals surface area contributed by atoms with E-state index in [9.17, 15) is 4.79 Å². The highest BCUT2D eigenvalue weighted by atomic mass is 35.5. The van der Waals surface area contributed by atoms with Gasteiger partial charge in [-0.05, 0) is 37.3 Å². The maximum Gasteiger partial charge on any atom is 0.315 e. The van der Waals surface area contributed by atoms with Crippen LogP contribution in [0, 0.1) is 6.92 Å². The standard InChI is InChI=1S/C15H17ClN4O2/c1-11-17-7-6-13(20-11)10-19-15(21)18-8-9-22-14-4-2-12(16)3-5-14/h2-7H,8-10H2,1H3,(H2,18,19,21). The molecule has 7 heteroatoms. The van der Waals surface area contributed by atoms with E-state index in [0.29, 0.717) is 36.3 Å². The van der Waals surface area contributed by atoms with Crippen LogP contribution in [0.25, 0.3) is 0 Å². The molecular weight excluding hydrogens is 304 g/mol. The van der Waals surface area contributed by atoms with Crippen LogP contribution < -0.4 is 15.4 Å². The Balaban J connectivity index is 1.62. The summed E-state index contributed by atoms with van der Waals surface area (Å²) in [4.78, 5) is 19.8. The average Bonchev–Trinajstić information content (AvgIpc) is 2.51. The number of benzene rings is 1. The molecule has 0 aliphatic rings. The molecule has 22 heavy (non-hydrogen) atoms. The number of carbonyl (C=O) groups is 1. The molecule has 0 spiro atoms. The second-order valence-electron chi connectivity index (χ2n) is 4.51. The zero-order chi connectivity index (χ0) is 15.8. The molecule has 2 amide bonds. The summed E-state index contributed by atoms with van der Waals surface area (Å²) < 4.78 is 5.47. The van der Waals surface area contributed by atoms with Crippen molar-refractivity contribution in [2.75, 3.05) is 13.2 Å². The van der Waals surface area contributed by atoms with E-state index in [-0.39, 0.29) is 6.03 Å². The van der Waals surface area contributed by atoms with Gasteiger partial charge in [0.1, 0.15) is 18.2 Å². The third kappa shape index (κ3) is 5.57. The van der Waals surface area contributed by atoms with Crippen LogP contribution in [0.3, 0.4) is 0 Å². The minimum absolute atomic E-state index is 0.268. The van der Waals surface area contributed by atoms with Crippen molar-refractivity contribution in [1.82, 2.24) is 20.6 Å². The lowest BCUT2D eigenvalue weighted by Gasteiger charge is -2.09. The fourth-order valence-electron chi connectivity index (χ4n) is 1.70. The van der Waals surface area contributed by atoms with E-state index >= 15 is 0 Å². The van der Waals surface area contributed by atoms with Gasteiger partial charge < -0.3 is 15.4 Å². The number of hydrogen-bond acceptors (Lipinski definition) is 4. The van der Waals surface area contributed by atoms with Gasteiger partial charge in [0.2, 0.25) is 0 Å². The quantitative estimate of drug-likeness (QED) is 0.801. The van der Waals surface area contributed by atoms with Crippen LogP contribution in [0.1, 0.15) is 11.5 Å².